The molecule has 4 rings (SSSR count). The molecule has 43 heavy (non-hydrogen) atoms. The van der Waals surface area contributed by atoms with Gasteiger partial charge >= 0.3 is 18.4 Å². The summed E-state index contributed by atoms with van der Waals surface area (Å²) in [7, 11) is 3.60. The van der Waals surface area contributed by atoms with E-state index >= 15 is 0 Å². The first-order valence-electron chi connectivity index (χ1n) is 13.3. The van der Waals surface area contributed by atoms with Gasteiger partial charge in [0.15, 0.2) is 0 Å². The van der Waals surface area contributed by atoms with Gasteiger partial charge in [0, 0.05) is 24.5 Å². The molecule has 2 heterocycles. The number of nitrogens with zero attached hydrogens (tertiary/aromatic N) is 4. The Morgan fingerprint density at radius 2 is 1.65 bits per heavy atom. The molecule has 2 aromatic rings. The van der Waals surface area contributed by atoms with Crippen LogP contribution in [0.25, 0.3) is 0 Å². The van der Waals surface area contributed by atoms with Crippen molar-refractivity contribution in [2.24, 2.45) is 0 Å². The van der Waals surface area contributed by atoms with Gasteiger partial charge in [-0.25, -0.2) is 4.79 Å². The number of carbonyl (C=O) groups excluding carboxylic acids is 3. The van der Waals surface area contributed by atoms with Gasteiger partial charge in [-0.05, 0) is 62.5 Å². The lowest BCUT2D eigenvalue weighted by Crippen LogP contribution is -2.71. The molecule has 15 heteroatoms. The highest BCUT2D eigenvalue weighted by atomic mass is 35.5. The normalized spacial score (nSPS) is 19.6. The van der Waals surface area contributed by atoms with Gasteiger partial charge in [0.05, 0.1) is 17.7 Å². The van der Waals surface area contributed by atoms with Gasteiger partial charge in [-0.3, -0.25) is 14.5 Å². The van der Waals surface area contributed by atoms with Crippen LogP contribution in [0.1, 0.15) is 35.1 Å². The molecule has 0 saturated carbocycles. The molecule has 2 aliphatic rings. The third-order valence-electron chi connectivity index (χ3n) is 7.26. The van der Waals surface area contributed by atoms with Crippen molar-refractivity contribution < 1.29 is 45.5 Å². The number of amides is 3. The van der Waals surface area contributed by atoms with Crippen molar-refractivity contribution in [1.29, 1.82) is 0 Å². The SMILES string of the molecule is CN(C)CC[C@H]1C(=O)N(Cc2ccccc2Cl)C[C@@H]2N(C(=O)OCc3cc(C(F)(F)F)cc(C(F)(F)F)c3)CCC(=O)N21. The molecule has 2 fully saturated rings. The van der Waals surface area contributed by atoms with Crippen LogP contribution in [0.4, 0.5) is 31.1 Å². The molecular weight excluding hydrogens is 606 g/mol. The van der Waals surface area contributed by atoms with Crippen molar-refractivity contribution in [3.05, 3.63) is 69.7 Å². The lowest BCUT2D eigenvalue weighted by atomic mass is 10.0. The Balaban J connectivity index is 1.60. The Bertz CT molecular complexity index is 1340. The van der Waals surface area contributed by atoms with Crippen LogP contribution in [0, 0.1) is 0 Å². The quantitative estimate of drug-likeness (QED) is 0.390. The van der Waals surface area contributed by atoms with Crippen molar-refractivity contribution in [2.75, 3.05) is 33.7 Å². The molecule has 234 valence electrons. The molecule has 0 aliphatic carbocycles. The number of hydrogen-bond donors (Lipinski definition) is 0. The minimum absolute atomic E-state index is 0.0140. The van der Waals surface area contributed by atoms with Crippen LogP contribution in [0.2, 0.25) is 5.02 Å². The summed E-state index contributed by atoms with van der Waals surface area (Å²) in [5.74, 6) is -0.707. The van der Waals surface area contributed by atoms with E-state index in [9.17, 15) is 40.7 Å². The zero-order valence-electron chi connectivity index (χ0n) is 23.2. The predicted octanol–water partition coefficient (Wildman–Crippen LogP) is 5.24. The summed E-state index contributed by atoms with van der Waals surface area (Å²) in [4.78, 5) is 45.8. The number of fused-ring (bicyclic) bond motifs is 1. The second-order valence-corrected chi connectivity index (χ2v) is 11.0. The molecule has 2 aromatic carbocycles. The summed E-state index contributed by atoms with van der Waals surface area (Å²) in [6.45, 7) is -0.582. The Hall–Kier alpha value is -3.52. The molecular formula is C28H29ClF6N4O4. The van der Waals surface area contributed by atoms with Crippen LogP contribution in [0.15, 0.2) is 42.5 Å². The average Bonchev–Trinajstić information content (AvgIpc) is 2.92. The van der Waals surface area contributed by atoms with Gasteiger partial charge < -0.3 is 19.4 Å². The van der Waals surface area contributed by atoms with E-state index in [-0.39, 0.29) is 50.4 Å². The topological polar surface area (TPSA) is 73.4 Å². The Labute approximate surface area is 248 Å². The highest BCUT2D eigenvalue weighted by Gasteiger charge is 2.49. The van der Waals surface area contributed by atoms with E-state index in [0.29, 0.717) is 29.3 Å². The number of rotatable bonds is 7. The zero-order valence-corrected chi connectivity index (χ0v) is 24.0. The maximum atomic E-state index is 13.6. The second kappa shape index (κ2) is 12.6. The van der Waals surface area contributed by atoms with E-state index in [1.54, 1.807) is 38.4 Å². The second-order valence-electron chi connectivity index (χ2n) is 10.6. The number of alkyl halides is 6. The van der Waals surface area contributed by atoms with Crippen LogP contribution in [-0.4, -0.2) is 83.4 Å². The van der Waals surface area contributed by atoms with Crippen molar-refractivity contribution in [2.45, 2.75) is 50.6 Å². The maximum absolute atomic E-state index is 13.6. The fourth-order valence-corrected chi connectivity index (χ4v) is 5.35. The smallest absolute Gasteiger partial charge is 0.416 e. The van der Waals surface area contributed by atoms with E-state index < -0.39 is 54.0 Å². The fraction of sp³-hybridized carbons (Fsp3) is 0.464. The van der Waals surface area contributed by atoms with Crippen LogP contribution < -0.4 is 0 Å². The number of benzene rings is 2. The highest BCUT2D eigenvalue weighted by molar-refractivity contribution is 6.31. The molecule has 3 amide bonds. The van der Waals surface area contributed by atoms with E-state index in [0.717, 1.165) is 0 Å². The standard InChI is InChI=1S/C28H29ClF6N4O4/c1-36(2)9-7-22-25(41)37(14-18-5-3-4-6-21(18)29)15-23-38(10-8-24(40)39(22)23)26(42)43-16-17-11-19(27(30,31)32)13-20(12-17)28(33,34)35/h3-6,11-13,22-23H,7-10,14-16H2,1-2H3/t22-,23+/m0/s1. The van der Waals surface area contributed by atoms with E-state index in [1.165, 1.54) is 14.7 Å². The summed E-state index contributed by atoms with van der Waals surface area (Å²) < 4.78 is 84.9. The minimum atomic E-state index is -5.06. The van der Waals surface area contributed by atoms with Crippen LogP contribution in [0.5, 0.6) is 0 Å². The Kier molecular flexibility index (Phi) is 9.50. The van der Waals surface area contributed by atoms with Gasteiger partial charge in [-0.15, -0.1) is 0 Å². The number of piperazine rings is 1. The summed E-state index contributed by atoms with van der Waals surface area (Å²) in [6.07, 6.45) is -12.0. The molecule has 2 atom stereocenters. The average molecular weight is 635 g/mol. The first-order chi connectivity index (χ1) is 20.1. The maximum Gasteiger partial charge on any atom is 0.416 e. The summed E-state index contributed by atoms with van der Waals surface area (Å²) in [5.41, 5.74) is -2.94. The molecule has 0 spiro atoms. The number of hydrogen-bond acceptors (Lipinski definition) is 5. The molecule has 0 aromatic heterocycles. The highest BCUT2D eigenvalue weighted by Crippen LogP contribution is 2.37. The monoisotopic (exact) mass is 634 g/mol. The van der Waals surface area contributed by atoms with Gasteiger partial charge in [0.1, 0.15) is 18.8 Å². The van der Waals surface area contributed by atoms with Crippen LogP contribution >= 0.6 is 11.6 Å². The van der Waals surface area contributed by atoms with E-state index in [1.807, 2.05) is 4.90 Å². The van der Waals surface area contributed by atoms with Crippen molar-refractivity contribution in [3.8, 4) is 0 Å². The molecule has 2 aliphatic heterocycles. The van der Waals surface area contributed by atoms with E-state index in [4.69, 9.17) is 16.3 Å². The predicted molar refractivity (Wildman–Crippen MR) is 142 cm³/mol. The van der Waals surface area contributed by atoms with Crippen LogP contribution in [-0.2, 0) is 39.8 Å². The largest absolute Gasteiger partial charge is 0.444 e. The molecule has 2 saturated heterocycles. The summed E-state index contributed by atoms with van der Waals surface area (Å²) >= 11 is 6.31. The third-order valence-corrected chi connectivity index (χ3v) is 7.63. The van der Waals surface area contributed by atoms with Crippen molar-refractivity contribution in [1.82, 2.24) is 19.6 Å². The molecule has 0 bridgehead atoms. The Morgan fingerprint density at radius 1 is 1.02 bits per heavy atom. The van der Waals surface area contributed by atoms with Gasteiger partial charge in [-0.1, -0.05) is 29.8 Å². The molecule has 8 nitrogen and oxygen atoms in total. The fourth-order valence-electron chi connectivity index (χ4n) is 5.16. The van der Waals surface area contributed by atoms with Crippen molar-refractivity contribution in [3.63, 3.8) is 0 Å². The van der Waals surface area contributed by atoms with Gasteiger partial charge in [-0.2, -0.15) is 26.3 Å². The number of carbonyl (C=O) groups is 3. The Morgan fingerprint density at radius 3 is 2.23 bits per heavy atom. The number of halogens is 7. The first kappa shape index (κ1) is 32.4. The first-order valence-corrected chi connectivity index (χ1v) is 13.6. The van der Waals surface area contributed by atoms with Gasteiger partial charge in [0.2, 0.25) is 11.8 Å². The lowest BCUT2D eigenvalue weighted by Gasteiger charge is -2.52. The lowest BCUT2D eigenvalue weighted by molar-refractivity contribution is -0.169. The number of ether oxygens (including phenoxy) is 1. The van der Waals surface area contributed by atoms with Gasteiger partial charge in [0.25, 0.3) is 0 Å². The third kappa shape index (κ3) is 7.53. The summed E-state index contributed by atoms with van der Waals surface area (Å²) in [6, 6.07) is 6.89. The molecule has 0 N–H and O–H groups in total. The summed E-state index contributed by atoms with van der Waals surface area (Å²) in [5, 5.41) is 0.415. The van der Waals surface area contributed by atoms with E-state index in [2.05, 4.69) is 0 Å². The minimum Gasteiger partial charge on any atom is -0.444 e. The van der Waals surface area contributed by atoms with Crippen molar-refractivity contribution >= 4 is 29.5 Å². The molecule has 0 radical (unpaired) electrons. The van der Waals surface area contributed by atoms with Crippen LogP contribution in [0.3, 0.4) is 0 Å². The zero-order chi connectivity index (χ0) is 31.7. The molecule has 0 unspecified atom stereocenters.